The molecule has 1 aromatic heterocycles. The second-order valence-electron chi connectivity index (χ2n) is 3.72. The average molecular weight is 253 g/mol. The van der Waals surface area contributed by atoms with Crippen LogP contribution in [0.2, 0.25) is 0 Å². The van der Waals surface area contributed by atoms with Crippen LogP contribution in [0.1, 0.15) is 12.6 Å². The van der Waals surface area contributed by atoms with Crippen LogP contribution in [0.5, 0.6) is 0 Å². The molecular weight excluding hydrogens is 243 g/mol. The quantitative estimate of drug-likeness (QED) is 0.837. The zero-order chi connectivity index (χ0) is 13.3. The van der Waals surface area contributed by atoms with Crippen LogP contribution in [0.15, 0.2) is 18.2 Å². The lowest BCUT2D eigenvalue weighted by atomic mass is 10.2. The lowest BCUT2D eigenvalue weighted by Gasteiger charge is -2.05. The van der Waals surface area contributed by atoms with Crippen molar-refractivity contribution < 1.29 is 13.2 Å². The van der Waals surface area contributed by atoms with Gasteiger partial charge in [-0.2, -0.15) is 0 Å². The Balaban J connectivity index is 2.58. The molecular formula is C12H10F3N3. The van der Waals surface area contributed by atoms with Crippen LogP contribution in [-0.2, 0) is 6.42 Å². The van der Waals surface area contributed by atoms with Gasteiger partial charge in [0, 0.05) is 17.3 Å². The van der Waals surface area contributed by atoms with Crippen LogP contribution in [-0.4, -0.2) is 9.97 Å². The van der Waals surface area contributed by atoms with Gasteiger partial charge in [0.15, 0.2) is 23.3 Å². The van der Waals surface area contributed by atoms with E-state index in [4.69, 9.17) is 5.73 Å². The van der Waals surface area contributed by atoms with Gasteiger partial charge in [0.1, 0.15) is 5.82 Å². The Hall–Kier alpha value is -2.11. The molecule has 0 radical (unpaired) electrons. The molecule has 0 atom stereocenters. The van der Waals surface area contributed by atoms with E-state index in [1.807, 2.05) is 6.92 Å². The van der Waals surface area contributed by atoms with Crippen LogP contribution in [0, 0.1) is 17.5 Å². The maximum Gasteiger partial charge on any atom is 0.194 e. The van der Waals surface area contributed by atoms with Gasteiger partial charge >= 0.3 is 0 Å². The van der Waals surface area contributed by atoms with Crippen molar-refractivity contribution >= 4 is 5.82 Å². The fourth-order valence-electron chi connectivity index (χ4n) is 1.51. The molecule has 0 fully saturated rings. The monoisotopic (exact) mass is 253 g/mol. The van der Waals surface area contributed by atoms with E-state index in [-0.39, 0.29) is 17.2 Å². The second-order valence-corrected chi connectivity index (χ2v) is 3.72. The van der Waals surface area contributed by atoms with E-state index in [1.165, 1.54) is 0 Å². The number of hydrogen-bond acceptors (Lipinski definition) is 3. The number of anilines is 1. The number of hydrogen-bond donors (Lipinski definition) is 1. The summed E-state index contributed by atoms with van der Waals surface area (Å²) in [6, 6.07) is 3.25. The first-order valence-electron chi connectivity index (χ1n) is 5.29. The summed E-state index contributed by atoms with van der Waals surface area (Å²) in [6.07, 6.45) is 0.603. The molecule has 0 saturated carbocycles. The van der Waals surface area contributed by atoms with E-state index in [2.05, 4.69) is 9.97 Å². The van der Waals surface area contributed by atoms with Crippen LogP contribution in [0.3, 0.4) is 0 Å². The summed E-state index contributed by atoms with van der Waals surface area (Å²) in [5.41, 5.74) is 6.26. The third-order valence-electron chi connectivity index (χ3n) is 2.40. The predicted octanol–water partition coefficient (Wildman–Crippen LogP) is 2.71. The lowest BCUT2D eigenvalue weighted by Crippen LogP contribution is -2.01. The zero-order valence-corrected chi connectivity index (χ0v) is 9.54. The molecule has 2 rings (SSSR count). The number of aryl methyl sites for hydroxylation is 1. The Morgan fingerprint density at radius 2 is 1.67 bits per heavy atom. The molecule has 3 nitrogen and oxygen atoms in total. The van der Waals surface area contributed by atoms with Crippen molar-refractivity contribution in [2.45, 2.75) is 13.3 Å². The fraction of sp³-hybridized carbons (Fsp3) is 0.167. The van der Waals surface area contributed by atoms with Crippen molar-refractivity contribution in [2.75, 3.05) is 5.73 Å². The lowest BCUT2D eigenvalue weighted by molar-refractivity contribution is 0.447. The van der Waals surface area contributed by atoms with E-state index in [0.29, 0.717) is 12.1 Å². The van der Waals surface area contributed by atoms with Crippen molar-refractivity contribution in [3.05, 3.63) is 41.3 Å². The van der Waals surface area contributed by atoms with Crippen LogP contribution in [0.4, 0.5) is 19.0 Å². The summed E-state index contributed by atoms with van der Waals surface area (Å²) < 4.78 is 39.0. The number of nitrogens with two attached hydrogens (primary N) is 1. The highest BCUT2D eigenvalue weighted by Crippen LogP contribution is 2.22. The minimum atomic E-state index is -1.52. The van der Waals surface area contributed by atoms with E-state index in [1.54, 1.807) is 6.07 Å². The standard InChI is InChI=1S/C12H10F3N3/c1-2-7-5-10(16)18-12(17-7)6-3-8(13)11(15)9(14)4-6/h3-5H,2H2,1H3,(H2,16,17,18). The highest BCUT2D eigenvalue weighted by molar-refractivity contribution is 5.57. The van der Waals surface area contributed by atoms with Gasteiger partial charge in [-0.25, -0.2) is 23.1 Å². The Morgan fingerprint density at radius 1 is 1.06 bits per heavy atom. The van der Waals surface area contributed by atoms with Gasteiger partial charge in [0.05, 0.1) is 0 Å². The van der Waals surface area contributed by atoms with Gasteiger partial charge < -0.3 is 5.73 Å². The maximum absolute atomic E-state index is 13.1. The molecule has 2 aromatic rings. The molecule has 94 valence electrons. The number of nitrogens with zero attached hydrogens (tertiary/aromatic N) is 2. The Bertz CT molecular complexity index is 576. The molecule has 1 heterocycles. The van der Waals surface area contributed by atoms with Gasteiger partial charge in [-0.3, -0.25) is 0 Å². The molecule has 6 heteroatoms. The number of rotatable bonds is 2. The minimum absolute atomic E-state index is 0.0494. The van der Waals surface area contributed by atoms with Crippen molar-refractivity contribution in [3.8, 4) is 11.4 Å². The topological polar surface area (TPSA) is 51.8 Å². The molecule has 0 spiro atoms. The number of benzene rings is 1. The molecule has 0 aliphatic rings. The zero-order valence-electron chi connectivity index (χ0n) is 9.54. The molecule has 0 aliphatic carbocycles. The van der Waals surface area contributed by atoms with Crippen LogP contribution in [0.25, 0.3) is 11.4 Å². The number of nitrogen functional groups attached to an aromatic ring is 1. The van der Waals surface area contributed by atoms with E-state index < -0.39 is 17.5 Å². The Labute approximate surface area is 101 Å². The summed E-state index contributed by atoms with van der Waals surface area (Å²) in [6.45, 7) is 1.86. The van der Waals surface area contributed by atoms with Crippen molar-refractivity contribution in [1.29, 1.82) is 0 Å². The van der Waals surface area contributed by atoms with Crippen molar-refractivity contribution in [3.63, 3.8) is 0 Å². The summed E-state index contributed by atoms with van der Waals surface area (Å²) in [5.74, 6) is -3.81. The number of halogens is 3. The summed E-state index contributed by atoms with van der Waals surface area (Å²) in [4.78, 5) is 7.96. The summed E-state index contributed by atoms with van der Waals surface area (Å²) in [7, 11) is 0. The normalized spacial score (nSPS) is 10.7. The van der Waals surface area contributed by atoms with Gasteiger partial charge in [-0.15, -0.1) is 0 Å². The Morgan fingerprint density at radius 3 is 2.22 bits per heavy atom. The fourth-order valence-corrected chi connectivity index (χ4v) is 1.51. The Kier molecular flexibility index (Phi) is 3.18. The average Bonchev–Trinajstić information content (AvgIpc) is 2.34. The molecule has 18 heavy (non-hydrogen) atoms. The van der Waals surface area contributed by atoms with Crippen molar-refractivity contribution in [1.82, 2.24) is 9.97 Å². The highest BCUT2D eigenvalue weighted by Gasteiger charge is 2.13. The summed E-state index contributed by atoms with van der Waals surface area (Å²) >= 11 is 0. The highest BCUT2D eigenvalue weighted by atomic mass is 19.2. The van der Waals surface area contributed by atoms with Crippen LogP contribution < -0.4 is 5.73 Å². The van der Waals surface area contributed by atoms with Gasteiger partial charge in [0.2, 0.25) is 0 Å². The van der Waals surface area contributed by atoms with Gasteiger partial charge in [-0.1, -0.05) is 6.92 Å². The number of aromatic nitrogens is 2. The molecule has 0 bridgehead atoms. The van der Waals surface area contributed by atoms with Gasteiger partial charge in [-0.05, 0) is 18.6 Å². The molecule has 0 amide bonds. The molecule has 2 N–H and O–H groups in total. The van der Waals surface area contributed by atoms with Gasteiger partial charge in [0.25, 0.3) is 0 Å². The van der Waals surface area contributed by atoms with Crippen LogP contribution >= 0.6 is 0 Å². The third kappa shape index (κ3) is 2.27. The third-order valence-corrected chi connectivity index (χ3v) is 2.40. The molecule has 0 aliphatic heterocycles. The first-order valence-corrected chi connectivity index (χ1v) is 5.29. The summed E-state index contributed by atoms with van der Waals surface area (Å²) in [5, 5.41) is 0. The largest absolute Gasteiger partial charge is 0.384 e. The first-order chi connectivity index (χ1) is 8.51. The maximum atomic E-state index is 13.1. The smallest absolute Gasteiger partial charge is 0.194 e. The van der Waals surface area contributed by atoms with Crippen molar-refractivity contribution in [2.24, 2.45) is 0 Å². The van der Waals surface area contributed by atoms with E-state index in [0.717, 1.165) is 12.1 Å². The SMILES string of the molecule is CCc1cc(N)nc(-c2cc(F)c(F)c(F)c2)n1. The van der Waals surface area contributed by atoms with E-state index >= 15 is 0 Å². The second kappa shape index (κ2) is 4.64. The molecule has 1 aromatic carbocycles. The minimum Gasteiger partial charge on any atom is -0.384 e. The first kappa shape index (κ1) is 12.3. The molecule has 0 saturated heterocycles. The predicted molar refractivity (Wildman–Crippen MR) is 61.1 cm³/mol. The molecule has 0 unspecified atom stereocenters. The van der Waals surface area contributed by atoms with E-state index in [9.17, 15) is 13.2 Å².